The van der Waals surface area contributed by atoms with E-state index in [1.165, 1.54) is 39.3 Å². The van der Waals surface area contributed by atoms with Gasteiger partial charge < -0.3 is 5.41 Å². The Kier molecular flexibility index (Phi) is 4.45. The van der Waals surface area contributed by atoms with E-state index in [-0.39, 0.29) is 5.41 Å². The fourth-order valence-corrected chi connectivity index (χ4v) is 4.35. The van der Waals surface area contributed by atoms with Crippen molar-refractivity contribution in [3.63, 3.8) is 0 Å². The summed E-state index contributed by atoms with van der Waals surface area (Å²) >= 11 is 0. The van der Waals surface area contributed by atoms with Gasteiger partial charge in [0, 0.05) is 11.8 Å². The van der Waals surface area contributed by atoms with E-state index in [0.29, 0.717) is 5.92 Å². The molecule has 3 rings (SSSR count). The number of nitrogens with one attached hydrogen (secondary N) is 1. The fourth-order valence-electron chi connectivity index (χ4n) is 4.35. The van der Waals surface area contributed by atoms with Gasteiger partial charge in [0.1, 0.15) is 0 Å². The second-order valence-corrected chi connectivity index (χ2v) is 8.13. The third-order valence-corrected chi connectivity index (χ3v) is 6.28. The van der Waals surface area contributed by atoms with Gasteiger partial charge in [-0.25, -0.2) is 0 Å². The highest BCUT2D eigenvalue weighted by atomic mass is 14.4. The van der Waals surface area contributed by atoms with Gasteiger partial charge in [-0.1, -0.05) is 68.3 Å². The van der Waals surface area contributed by atoms with Gasteiger partial charge in [0.25, 0.3) is 0 Å². The van der Waals surface area contributed by atoms with E-state index in [0.717, 1.165) is 12.0 Å². The molecule has 1 aliphatic carbocycles. The van der Waals surface area contributed by atoms with Crippen LogP contribution >= 0.6 is 0 Å². The molecule has 0 amide bonds. The largest absolute Gasteiger partial charge is 0.308 e. The first-order valence-electron chi connectivity index (χ1n) is 9.18. The van der Waals surface area contributed by atoms with Gasteiger partial charge >= 0.3 is 0 Å². The summed E-state index contributed by atoms with van der Waals surface area (Å²) in [5, 5.41) is 10.4. The Morgan fingerprint density at radius 3 is 2.28 bits per heavy atom. The lowest BCUT2D eigenvalue weighted by molar-refractivity contribution is 0.498. The fraction of sp³-hybridized carbons (Fsp3) is 0.375. The molecule has 0 saturated carbocycles. The molecule has 1 atom stereocenters. The van der Waals surface area contributed by atoms with Crippen LogP contribution < -0.4 is 0 Å². The van der Waals surface area contributed by atoms with E-state index in [4.69, 9.17) is 5.41 Å². The molecule has 0 heterocycles. The lowest BCUT2D eigenvalue weighted by atomic mass is 9.74. The van der Waals surface area contributed by atoms with Crippen LogP contribution in [0.5, 0.6) is 0 Å². The number of allylic oxidation sites excluding steroid dienone is 4. The zero-order chi connectivity index (χ0) is 18.4. The van der Waals surface area contributed by atoms with Crippen LogP contribution in [-0.2, 0) is 5.41 Å². The molecule has 0 aromatic heterocycles. The average Bonchev–Trinajstić information content (AvgIpc) is 2.78. The number of hydrogen-bond acceptors (Lipinski definition) is 1. The van der Waals surface area contributed by atoms with Crippen LogP contribution in [0.15, 0.2) is 58.7 Å². The van der Waals surface area contributed by atoms with E-state index in [9.17, 15) is 0 Å². The van der Waals surface area contributed by atoms with Crippen molar-refractivity contribution in [2.45, 2.75) is 53.4 Å². The summed E-state index contributed by atoms with van der Waals surface area (Å²) in [6, 6.07) is 12.8. The average molecular weight is 332 g/mol. The quantitative estimate of drug-likeness (QED) is 0.595. The Morgan fingerprint density at radius 1 is 1.00 bits per heavy atom. The smallest absolute Gasteiger partial charge is 0.0259 e. The van der Waals surface area contributed by atoms with Crippen molar-refractivity contribution in [3.05, 3.63) is 69.8 Å². The summed E-state index contributed by atoms with van der Waals surface area (Å²) in [7, 11) is 0. The van der Waals surface area contributed by atoms with Crippen molar-refractivity contribution in [1.82, 2.24) is 0 Å². The van der Waals surface area contributed by atoms with Gasteiger partial charge in [-0.05, 0) is 66.0 Å². The Labute approximate surface area is 152 Å². The maximum Gasteiger partial charge on any atom is 0.0259 e. The van der Waals surface area contributed by atoms with Crippen LogP contribution in [0.4, 0.5) is 0 Å². The zero-order valence-corrected chi connectivity index (χ0v) is 16.3. The predicted octanol–water partition coefficient (Wildman–Crippen LogP) is 6.81. The molecule has 0 bridgehead atoms. The van der Waals surface area contributed by atoms with E-state index in [1.54, 1.807) is 5.57 Å². The van der Waals surface area contributed by atoms with Crippen molar-refractivity contribution >= 4 is 17.0 Å². The molecule has 1 aliphatic rings. The first-order chi connectivity index (χ1) is 11.8. The molecule has 130 valence electrons. The van der Waals surface area contributed by atoms with Crippen molar-refractivity contribution in [2.75, 3.05) is 0 Å². The second kappa shape index (κ2) is 6.29. The lowest BCUT2D eigenvalue weighted by Gasteiger charge is -2.30. The molecule has 0 aliphatic heterocycles. The summed E-state index contributed by atoms with van der Waals surface area (Å²) in [6.45, 7) is 13.8. The topological polar surface area (TPSA) is 23.9 Å². The molecule has 1 unspecified atom stereocenters. The first kappa shape index (κ1) is 17.7. The van der Waals surface area contributed by atoms with E-state index < -0.39 is 0 Å². The minimum Gasteiger partial charge on any atom is -0.308 e. The lowest BCUT2D eigenvalue weighted by Crippen LogP contribution is -2.22. The van der Waals surface area contributed by atoms with Crippen molar-refractivity contribution in [1.29, 1.82) is 5.41 Å². The Balaban J connectivity index is 2.07. The maximum absolute atomic E-state index is 8.03. The standard InChI is InChI=1S/C24H29N/c1-15-16(2)18(4)21(17(15)3)13-24(5,6)23-12-11-19-9-7-8-10-20(19)22(23)14-25/h7-12,14,17,25H,13H2,1-6H3. The third kappa shape index (κ3) is 2.86. The van der Waals surface area contributed by atoms with E-state index in [1.807, 2.05) is 0 Å². The Morgan fingerprint density at radius 2 is 1.68 bits per heavy atom. The number of rotatable bonds is 4. The minimum atomic E-state index is -0.00727. The van der Waals surface area contributed by atoms with Crippen LogP contribution in [0.2, 0.25) is 0 Å². The van der Waals surface area contributed by atoms with Gasteiger partial charge in [-0.15, -0.1) is 0 Å². The summed E-state index contributed by atoms with van der Waals surface area (Å²) < 4.78 is 0. The maximum atomic E-state index is 8.03. The van der Waals surface area contributed by atoms with E-state index in [2.05, 4.69) is 77.9 Å². The third-order valence-electron chi connectivity index (χ3n) is 6.28. The van der Waals surface area contributed by atoms with Gasteiger partial charge in [-0.3, -0.25) is 0 Å². The first-order valence-corrected chi connectivity index (χ1v) is 9.18. The molecule has 1 N–H and O–H groups in total. The highest BCUT2D eigenvalue weighted by molar-refractivity contribution is 6.00. The Hall–Kier alpha value is -2.15. The van der Waals surface area contributed by atoms with Crippen LogP contribution in [0, 0.1) is 11.3 Å². The van der Waals surface area contributed by atoms with Crippen LogP contribution in [-0.4, -0.2) is 6.21 Å². The SMILES string of the molecule is CC1=C(C)C(C)C(CC(C)(C)c2ccc3ccccc3c2C=N)=C1C. The molecule has 0 radical (unpaired) electrons. The number of fused-ring (bicyclic) bond motifs is 1. The molecule has 1 heteroatoms. The molecule has 2 aromatic carbocycles. The minimum absolute atomic E-state index is 0.00727. The molecule has 1 nitrogen and oxygen atoms in total. The summed E-state index contributed by atoms with van der Waals surface area (Å²) in [5.41, 5.74) is 8.33. The second-order valence-electron chi connectivity index (χ2n) is 8.13. The van der Waals surface area contributed by atoms with Crippen LogP contribution in [0.25, 0.3) is 10.8 Å². The number of benzene rings is 2. The molecular weight excluding hydrogens is 302 g/mol. The molecule has 0 spiro atoms. The van der Waals surface area contributed by atoms with Gasteiger partial charge in [0.15, 0.2) is 0 Å². The van der Waals surface area contributed by atoms with Gasteiger partial charge in [0.05, 0.1) is 0 Å². The zero-order valence-electron chi connectivity index (χ0n) is 16.3. The van der Waals surface area contributed by atoms with Crippen molar-refractivity contribution < 1.29 is 0 Å². The molecule has 25 heavy (non-hydrogen) atoms. The number of hydrogen-bond donors (Lipinski definition) is 1. The molecule has 2 aromatic rings. The van der Waals surface area contributed by atoms with Crippen molar-refractivity contribution in [3.8, 4) is 0 Å². The van der Waals surface area contributed by atoms with Crippen LogP contribution in [0.3, 0.4) is 0 Å². The van der Waals surface area contributed by atoms with E-state index >= 15 is 0 Å². The highest BCUT2D eigenvalue weighted by Gasteiger charge is 2.31. The predicted molar refractivity (Wildman–Crippen MR) is 110 cm³/mol. The van der Waals surface area contributed by atoms with Crippen LogP contribution in [0.1, 0.15) is 59.1 Å². The summed E-state index contributed by atoms with van der Waals surface area (Å²) in [5.74, 6) is 0.531. The highest BCUT2D eigenvalue weighted by Crippen LogP contribution is 2.44. The van der Waals surface area contributed by atoms with Gasteiger partial charge in [-0.2, -0.15) is 0 Å². The monoisotopic (exact) mass is 331 g/mol. The summed E-state index contributed by atoms with van der Waals surface area (Å²) in [6.07, 6.45) is 2.57. The molecule has 0 saturated heterocycles. The van der Waals surface area contributed by atoms with Gasteiger partial charge in [0.2, 0.25) is 0 Å². The molecule has 0 fully saturated rings. The molecular formula is C24H29N. The van der Waals surface area contributed by atoms with Crippen molar-refractivity contribution in [2.24, 2.45) is 5.92 Å². The normalized spacial score (nSPS) is 18.4. The summed E-state index contributed by atoms with van der Waals surface area (Å²) in [4.78, 5) is 0. The Bertz CT molecular complexity index is 909.